The van der Waals surface area contributed by atoms with Gasteiger partial charge in [0.15, 0.2) is 5.75 Å². The first-order valence-electron chi connectivity index (χ1n) is 8.42. The second kappa shape index (κ2) is 8.79. The number of hydrogen-bond acceptors (Lipinski definition) is 5. The molecule has 0 radical (unpaired) electrons. The molecule has 3 rings (SSSR count). The molecule has 0 amide bonds. The summed E-state index contributed by atoms with van der Waals surface area (Å²) in [5, 5.41) is 4.14. The highest BCUT2D eigenvalue weighted by molar-refractivity contribution is 9.10. The zero-order chi connectivity index (χ0) is 20.1. The minimum absolute atomic E-state index is 0.0287. The van der Waals surface area contributed by atoms with Gasteiger partial charge in [-0.1, -0.05) is 34.1 Å². The van der Waals surface area contributed by atoms with Crippen LogP contribution in [0.5, 0.6) is 5.75 Å². The van der Waals surface area contributed by atoms with Crippen molar-refractivity contribution in [1.82, 2.24) is 9.78 Å². The summed E-state index contributed by atoms with van der Waals surface area (Å²) in [7, 11) is 0. The summed E-state index contributed by atoms with van der Waals surface area (Å²) < 4.78 is 25.8. The second-order valence-corrected chi connectivity index (χ2v) is 6.64. The third kappa shape index (κ3) is 4.64. The molecule has 0 saturated carbocycles. The molecule has 1 aromatic heterocycles. The van der Waals surface area contributed by atoms with Gasteiger partial charge in [-0.2, -0.15) is 9.78 Å². The molecule has 144 valence electrons. The third-order valence-electron chi connectivity index (χ3n) is 3.70. The Morgan fingerprint density at radius 3 is 2.68 bits per heavy atom. The number of rotatable bonds is 6. The molecule has 3 aromatic rings. The van der Waals surface area contributed by atoms with E-state index in [1.165, 1.54) is 18.2 Å². The molecule has 0 saturated heterocycles. The van der Waals surface area contributed by atoms with E-state index in [-0.39, 0.29) is 24.7 Å². The van der Waals surface area contributed by atoms with E-state index in [9.17, 15) is 14.0 Å². The van der Waals surface area contributed by atoms with Crippen LogP contribution in [0.3, 0.4) is 0 Å². The average Bonchev–Trinajstić information content (AvgIpc) is 2.66. The van der Waals surface area contributed by atoms with Crippen molar-refractivity contribution in [3.8, 4) is 11.4 Å². The highest BCUT2D eigenvalue weighted by Gasteiger charge is 2.20. The number of esters is 1. The molecule has 0 unspecified atom stereocenters. The van der Waals surface area contributed by atoms with Gasteiger partial charge in [-0.15, -0.1) is 0 Å². The summed E-state index contributed by atoms with van der Waals surface area (Å²) in [5.74, 6) is -1.16. The monoisotopic (exact) mass is 446 g/mol. The predicted octanol–water partition coefficient (Wildman–Crippen LogP) is 3.89. The molecule has 2 aromatic carbocycles. The van der Waals surface area contributed by atoms with Gasteiger partial charge in [0.2, 0.25) is 5.69 Å². The Hall–Kier alpha value is -3.00. The summed E-state index contributed by atoms with van der Waals surface area (Å²) >= 11 is 3.34. The zero-order valence-corrected chi connectivity index (χ0v) is 16.5. The molecule has 0 atom stereocenters. The highest BCUT2D eigenvalue weighted by atomic mass is 79.9. The average molecular weight is 447 g/mol. The van der Waals surface area contributed by atoms with Crippen LogP contribution >= 0.6 is 15.9 Å². The first kappa shape index (κ1) is 19.8. The maximum absolute atomic E-state index is 13.3. The fourth-order valence-corrected chi connectivity index (χ4v) is 2.86. The molecule has 0 bridgehead atoms. The smallest absolute Gasteiger partial charge is 0.362 e. The minimum Gasteiger partial charge on any atom is -0.486 e. The van der Waals surface area contributed by atoms with Gasteiger partial charge in [0, 0.05) is 4.47 Å². The number of nitrogens with zero attached hydrogens (tertiary/aromatic N) is 2. The van der Waals surface area contributed by atoms with Crippen LogP contribution in [-0.2, 0) is 11.3 Å². The van der Waals surface area contributed by atoms with Crippen LogP contribution in [0, 0.1) is 5.82 Å². The van der Waals surface area contributed by atoms with Crippen molar-refractivity contribution in [2.24, 2.45) is 0 Å². The Morgan fingerprint density at radius 1 is 1.18 bits per heavy atom. The highest BCUT2D eigenvalue weighted by Crippen LogP contribution is 2.19. The largest absolute Gasteiger partial charge is 0.486 e. The van der Waals surface area contributed by atoms with Gasteiger partial charge in [0.1, 0.15) is 12.4 Å². The Balaban J connectivity index is 2.00. The van der Waals surface area contributed by atoms with E-state index in [1.54, 1.807) is 43.3 Å². The summed E-state index contributed by atoms with van der Waals surface area (Å²) in [6.07, 6.45) is 0. The summed E-state index contributed by atoms with van der Waals surface area (Å²) in [4.78, 5) is 24.9. The number of ether oxygens (including phenoxy) is 2. The van der Waals surface area contributed by atoms with Crippen molar-refractivity contribution < 1.29 is 18.7 Å². The van der Waals surface area contributed by atoms with Crippen LogP contribution in [0.1, 0.15) is 23.0 Å². The maximum atomic E-state index is 13.3. The third-order valence-corrected chi connectivity index (χ3v) is 4.19. The topological polar surface area (TPSA) is 70.4 Å². The molecular formula is C20H16BrFN2O4. The number of carbonyl (C=O) groups excluding carboxylic acids is 1. The number of aromatic nitrogens is 2. The fraction of sp³-hybridized carbons (Fsp3) is 0.150. The molecule has 8 heteroatoms. The number of carbonyl (C=O) groups is 1. The quantitative estimate of drug-likeness (QED) is 0.537. The molecule has 0 aliphatic heterocycles. The summed E-state index contributed by atoms with van der Waals surface area (Å²) in [5.41, 5.74) is 0.394. The van der Waals surface area contributed by atoms with Crippen molar-refractivity contribution in [2.75, 3.05) is 6.61 Å². The van der Waals surface area contributed by atoms with E-state index in [1.807, 2.05) is 0 Å². The van der Waals surface area contributed by atoms with Crippen LogP contribution in [0.15, 0.2) is 63.9 Å². The molecule has 0 aliphatic carbocycles. The molecule has 0 fully saturated rings. The normalized spacial score (nSPS) is 10.5. The van der Waals surface area contributed by atoms with E-state index < -0.39 is 17.3 Å². The van der Waals surface area contributed by atoms with Gasteiger partial charge < -0.3 is 9.47 Å². The van der Waals surface area contributed by atoms with E-state index >= 15 is 0 Å². The zero-order valence-electron chi connectivity index (χ0n) is 14.9. The lowest BCUT2D eigenvalue weighted by Crippen LogP contribution is -2.25. The van der Waals surface area contributed by atoms with E-state index in [2.05, 4.69) is 21.0 Å². The van der Waals surface area contributed by atoms with Crippen LogP contribution in [-0.4, -0.2) is 22.4 Å². The standard InChI is InChI=1S/C20H16BrFN2O4/c1-2-27-20(26)19-17(28-12-13-5-3-7-15(22)9-13)11-18(25)24(23-19)16-8-4-6-14(21)10-16/h3-11H,2,12H2,1H3. The van der Waals surface area contributed by atoms with Gasteiger partial charge >= 0.3 is 5.97 Å². The van der Waals surface area contributed by atoms with Crippen LogP contribution in [0.25, 0.3) is 5.69 Å². The summed E-state index contributed by atoms with van der Waals surface area (Å²) in [6.45, 7) is 1.77. The van der Waals surface area contributed by atoms with Gasteiger partial charge in [-0.05, 0) is 42.8 Å². The molecule has 6 nitrogen and oxygen atoms in total. The Bertz CT molecular complexity index is 1070. The minimum atomic E-state index is -0.722. The fourth-order valence-electron chi connectivity index (χ4n) is 2.47. The van der Waals surface area contributed by atoms with Crippen molar-refractivity contribution >= 4 is 21.9 Å². The molecule has 0 aliphatic rings. The SMILES string of the molecule is CCOC(=O)c1nn(-c2cccc(Br)c2)c(=O)cc1OCc1cccc(F)c1. The van der Waals surface area contributed by atoms with Crippen LogP contribution in [0.2, 0.25) is 0 Å². The van der Waals surface area contributed by atoms with E-state index in [4.69, 9.17) is 9.47 Å². The van der Waals surface area contributed by atoms with Gasteiger partial charge in [0.05, 0.1) is 18.4 Å². The lowest BCUT2D eigenvalue weighted by atomic mass is 10.2. The Kier molecular flexibility index (Phi) is 6.20. The van der Waals surface area contributed by atoms with Crippen molar-refractivity contribution in [3.63, 3.8) is 0 Å². The number of hydrogen-bond donors (Lipinski definition) is 0. The Morgan fingerprint density at radius 2 is 1.96 bits per heavy atom. The van der Waals surface area contributed by atoms with Crippen molar-refractivity contribution in [1.29, 1.82) is 0 Å². The predicted molar refractivity (Wildman–Crippen MR) is 104 cm³/mol. The van der Waals surface area contributed by atoms with E-state index in [0.29, 0.717) is 11.3 Å². The summed E-state index contributed by atoms with van der Waals surface area (Å²) in [6, 6.07) is 13.9. The lowest BCUT2D eigenvalue weighted by molar-refractivity contribution is 0.0511. The molecule has 0 spiro atoms. The van der Waals surface area contributed by atoms with Gasteiger partial charge in [-0.3, -0.25) is 4.79 Å². The van der Waals surface area contributed by atoms with Gasteiger partial charge in [0.25, 0.3) is 5.56 Å². The second-order valence-electron chi connectivity index (χ2n) is 5.73. The van der Waals surface area contributed by atoms with Gasteiger partial charge in [-0.25, -0.2) is 9.18 Å². The first-order valence-corrected chi connectivity index (χ1v) is 9.22. The number of halogens is 2. The van der Waals surface area contributed by atoms with Crippen LogP contribution < -0.4 is 10.3 Å². The molecule has 28 heavy (non-hydrogen) atoms. The van der Waals surface area contributed by atoms with Crippen LogP contribution in [0.4, 0.5) is 4.39 Å². The first-order chi connectivity index (χ1) is 13.5. The van der Waals surface area contributed by atoms with Crippen molar-refractivity contribution in [3.05, 3.63) is 86.5 Å². The molecule has 0 N–H and O–H groups in total. The maximum Gasteiger partial charge on any atom is 0.362 e. The Labute approximate surface area is 168 Å². The number of benzene rings is 2. The van der Waals surface area contributed by atoms with Crippen molar-refractivity contribution in [2.45, 2.75) is 13.5 Å². The molecular weight excluding hydrogens is 431 g/mol. The molecule has 1 heterocycles. The lowest BCUT2D eigenvalue weighted by Gasteiger charge is -2.13. The van der Waals surface area contributed by atoms with E-state index in [0.717, 1.165) is 9.15 Å².